The van der Waals surface area contributed by atoms with Crippen molar-refractivity contribution in [2.24, 2.45) is 0 Å². The molecule has 7 rings (SSSR count). The third-order valence-corrected chi connectivity index (χ3v) is 9.50. The summed E-state index contributed by atoms with van der Waals surface area (Å²) >= 11 is 0. The van der Waals surface area contributed by atoms with Crippen LogP contribution in [0.1, 0.15) is 49.0 Å². The quantitative estimate of drug-likeness (QED) is 0.190. The number of amides is 1. The van der Waals surface area contributed by atoms with Gasteiger partial charge in [-0.3, -0.25) is 14.8 Å². The van der Waals surface area contributed by atoms with Gasteiger partial charge in [-0.25, -0.2) is 27.0 Å². The first-order valence-electron chi connectivity index (χ1n) is 14.5. The number of benzene rings is 1. The lowest BCUT2D eigenvalue weighted by Gasteiger charge is -2.30. The van der Waals surface area contributed by atoms with E-state index >= 15 is 0 Å². The fraction of sp³-hybridized carbons (Fsp3) is 0.300. The van der Waals surface area contributed by atoms with Crippen LogP contribution in [0.2, 0.25) is 0 Å². The first-order valence-corrected chi connectivity index (χ1v) is 16.0. The minimum absolute atomic E-state index is 0.00894. The van der Waals surface area contributed by atoms with Gasteiger partial charge in [0.1, 0.15) is 10.7 Å². The number of imidazole rings is 1. The Morgan fingerprint density at radius 2 is 1.61 bits per heavy atom. The number of aromatic nitrogens is 5. The van der Waals surface area contributed by atoms with Crippen LogP contribution in [0.25, 0.3) is 16.6 Å². The average Bonchev–Trinajstić information content (AvgIpc) is 3.73. The largest absolute Gasteiger partial charge is 0.379 e. The van der Waals surface area contributed by atoms with E-state index in [9.17, 15) is 17.6 Å². The lowest BCUT2D eigenvalue weighted by molar-refractivity contribution is 0.102. The summed E-state index contributed by atoms with van der Waals surface area (Å²) < 4.78 is 45.1. The van der Waals surface area contributed by atoms with Gasteiger partial charge in [-0.05, 0) is 56.7 Å². The molecule has 2 saturated carbocycles. The molecule has 12 nitrogen and oxygen atoms in total. The van der Waals surface area contributed by atoms with E-state index in [2.05, 4.69) is 40.7 Å². The van der Waals surface area contributed by atoms with Crippen molar-refractivity contribution in [2.75, 3.05) is 16.0 Å². The Morgan fingerprint density at radius 1 is 0.864 bits per heavy atom. The number of anilines is 3. The number of para-hydroxylation sites is 1. The highest BCUT2D eigenvalue weighted by Gasteiger charge is 2.29. The highest BCUT2D eigenvalue weighted by Crippen LogP contribution is 2.30. The Labute approximate surface area is 252 Å². The van der Waals surface area contributed by atoms with E-state index in [0.717, 1.165) is 30.1 Å². The van der Waals surface area contributed by atoms with Gasteiger partial charge < -0.3 is 16.0 Å². The fourth-order valence-corrected chi connectivity index (χ4v) is 7.04. The number of carbonyl (C=O) groups excluding carboxylic acids is 1. The number of halogens is 1. The predicted molar refractivity (Wildman–Crippen MR) is 164 cm³/mol. The molecule has 0 atom stereocenters. The van der Waals surface area contributed by atoms with Crippen LogP contribution in [0.15, 0.2) is 72.1 Å². The lowest BCUT2D eigenvalue weighted by atomic mass is 9.92. The molecule has 0 aliphatic heterocycles. The molecule has 0 bridgehead atoms. The summed E-state index contributed by atoms with van der Waals surface area (Å²) in [6, 6.07) is 12.2. The maximum absolute atomic E-state index is 14.1. The third-order valence-electron chi connectivity index (χ3n) is 7.94. The van der Waals surface area contributed by atoms with Crippen molar-refractivity contribution in [1.29, 1.82) is 0 Å². The molecule has 0 radical (unpaired) electrons. The molecule has 2 aliphatic rings. The standard InChI is InChI=1S/C30H30FN9O3S/c31-22-16-32-14-12-23(22)37-30(41)25-17-34-29-24(35-19-6-7-19)15-27(38-40(25)29)36-20-8-10-21(11-9-20)39-44(42,43)26-5-1-3-18-4-2-13-33-28(18)26/h1-5,12-17,19-21,35,39H,6-11H2,(H,36,38)(H,32,37,41). The Hall–Kier alpha value is -4.69. The van der Waals surface area contributed by atoms with Crippen LogP contribution in [-0.2, 0) is 10.0 Å². The second-order valence-electron chi connectivity index (χ2n) is 11.2. The van der Waals surface area contributed by atoms with Crippen molar-refractivity contribution in [2.45, 2.75) is 61.5 Å². The summed E-state index contributed by atoms with van der Waals surface area (Å²) in [6.45, 7) is 0. The van der Waals surface area contributed by atoms with Gasteiger partial charge in [0.2, 0.25) is 10.0 Å². The minimum atomic E-state index is -3.76. The topological polar surface area (TPSA) is 155 Å². The molecule has 14 heteroatoms. The summed E-state index contributed by atoms with van der Waals surface area (Å²) in [5, 5.41) is 14.9. The number of sulfonamides is 1. The van der Waals surface area contributed by atoms with E-state index in [4.69, 9.17) is 0 Å². The zero-order valence-corrected chi connectivity index (χ0v) is 24.4. The average molecular weight is 616 g/mol. The number of carbonyl (C=O) groups is 1. The molecule has 1 amide bonds. The van der Waals surface area contributed by atoms with Crippen LogP contribution in [0.5, 0.6) is 0 Å². The number of hydrogen-bond acceptors (Lipinski definition) is 9. The number of pyridine rings is 2. The molecule has 0 spiro atoms. The monoisotopic (exact) mass is 615 g/mol. The van der Waals surface area contributed by atoms with Crippen molar-refractivity contribution in [1.82, 2.24) is 29.3 Å². The zero-order chi connectivity index (χ0) is 30.3. The van der Waals surface area contributed by atoms with Gasteiger partial charge in [-0.2, -0.15) is 0 Å². The summed E-state index contributed by atoms with van der Waals surface area (Å²) in [4.78, 5) is 25.7. The number of nitrogens with zero attached hydrogens (tertiary/aromatic N) is 5. The van der Waals surface area contributed by atoms with Gasteiger partial charge in [0.25, 0.3) is 5.91 Å². The molecule has 0 saturated heterocycles. The van der Waals surface area contributed by atoms with Crippen LogP contribution in [0.4, 0.5) is 21.6 Å². The van der Waals surface area contributed by atoms with E-state index in [0.29, 0.717) is 48.7 Å². The highest BCUT2D eigenvalue weighted by molar-refractivity contribution is 7.89. The lowest BCUT2D eigenvalue weighted by Crippen LogP contribution is -2.40. The highest BCUT2D eigenvalue weighted by atomic mass is 32.2. The molecule has 226 valence electrons. The molecule has 2 fully saturated rings. The summed E-state index contributed by atoms with van der Waals surface area (Å²) in [5.74, 6) is -0.653. The summed E-state index contributed by atoms with van der Waals surface area (Å²) in [5.41, 5.74) is 1.84. The molecular weight excluding hydrogens is 585 g/mol. The minimum Gasteiger partial charge on any atom is -0.379 e. The van der Waals surface area contributed by atoms with Gasteiger partial charge in [0.15, 0.2) is 17.2 Å². The van der Waals surface area contributed by atoms with Gasteiger partial charge in [0, 0.05) is 42.0 Å². The summed E-state index contributed by atoms with van der Waals surface area (Å²) in [7, 11) is -3.76. The van der Waals surface area contributed by atoms with Crippen molar-refractivity contribution in [3.63, 3.8) is 0 Å². The van der Waals surface area contributed by atoms with Crippen molar-refractivity contribution >= 4 is 49.7 Å². The third kappa shape index (κ3) is 5.77. The second kappa shape index (κ2) is 11.4. The van der Waals surface area contributed by atoms with Crippen LogP contribution >= 0.6 is 0 Å². The van der Waals surface area contributed by atoms with E-state index < -0.39 is 21.7 Å². The van der Waals surface area contributed by atoms with Gasteiger partial charge in [0.05, 0.1) is 29.3 Å². The molecule has 1 aromatic carbocycles. The maximum Gasteiger partial charge on any atom is 0.276 e. The van der Waals surface area contributed by atoms with Crippen molar-refractivity contribution < 1.29 is 17.6 Å². The number of nitrogens with one attached hydrogen (secondary N) is 4. The van der Waals surface area contributed by atoms with Crippen LogP contribution in [0.3, 0.4) is 0 Å². The Morgan fingerprint density at radius 3 is 2.41 bits per heavy atom. The maximum atomic E-state index is 14.1. The Kier molecular flexibility index (Phi) is 7.30. The van der Waals surface area contributed by atoms with Crippen LogP contribution in [-0.4, -0.2) is 57.0 Å². The Bertz CT molecular complexity index is 1970. The van der Waals surface area contributed by atoms with Crippen LogP contribution in [0, 0.1) is 5.82 Å². The number of hydrogen-bond donors (Lipinski definition) is 4. The molecule has 4 N–H and O–H groups in total. The Balaban J connectivity index is 1.06. The van der Waals surface area contributed by atoms with Crippen molar-refractivity contribution in [3.05, 3.63) is 78.8 Å². The van der Waals surface area contributed by atoms with E-state index in [-0.39, 0.29) is 28.4 Å². The molecule has 0 unspecified atom stereocenters. The van der Waals surface area contributed by atoms with Gasteiger partial charge in [-0.1, -0.05) is 18.2 Å². The molecule has 4 heterocycles. The van der Waals surface area contributed by atoms with E-state index in [1.807, 2.05) is 18.2 Å². The first kappa shape index (κ1) is 28.1. The molecule has 4 aromatic heterocycles. The number of fused-ring (bicyclic) bond motifs is 2. The molecule has 44 heavy (non-hydrogen) atoms. The fourth-order valence-electron chi connectivity index (χ4n) is 5.55. The summed E-state index contributed by atoms with van der Waals surface area (Å²) in [6.07, 6.45) is 10.2. The molecule has 5 aromatic rings. The predicted octanol–water partition coefficient (Wildman–Crippen LogP) is 4.34. The SMILES string of the molecule is O=C(Nc1ccncc1F)c1cnc2c(NC3CC3)cc(NC3CCC(NS(=O)(=O)c4cccc5cccnc45)CC3)nn12. The molecular formula is C30H30FN9O3S. The van der Waals surface area contributed by atoms with Crippen molar-refractivity contribution in [3.8, 4) is 0 Å². The van der Waals surface area contributed by atoms with Gasteiger partial charge >= 0.3 is 0 Å². The number of rotatable bonds is 9. The normalized spacial score (nSPS) is 18.8. The van der Waals surface area contributed by atoms with E-state index in [1.165, 1.54) is 23.0 Å². The van der Waals surface area contributed by atoms with E-state index in [1.54, 1.807) is 24.4 Å². The smallest absolute Gasteiger partial charge is 0.276 e. The second-order valence-corrected chi connectivity index (χ2v) is 12.9. The zero-order valence-electron chi connectivity index (χ0n) is 23.6. The van der Waals surface area contributed by atoms with Gasteiger partial charge in [-0.15, -0.1) is 5.10 Å². The van der Waals surface area contributed by atoms with Crippen LogP contribution < -0.4 is 20.7 Å². The molecule has 2 aliphatic carbocycles. The first-order chi connectivity index (χ1) is 21.3.